The maximum Gasteiger partial charge on any atom is 0.216 e. The van der Waals surface area contributed by atoms with E-state index in [2.05, 4.69) is 26.0 Å². The summed E-state index contributed by atoms with van der Waals surface area (Å²) in [5.41, 5.74) is 3.73. The van der Waals surface area contributed by atoms with Gasteiger partial charge in [0.15, 0.2) is 0 Å². The molecule has 3 heteroatoms. The van der Waals surface area contributed by atoms with Crippen LogP contribution in [0.1, 0.15) is 65.2 Å². The fourth-order valence-corrected chi connectivity index (χ4v) is 8.29. The Bertz CT molecular complexity index is 747. The number of aliphatic hydroxyl groups excluding tert-OH is 1. The second-order valence-electron chi connectivity index (χ2n) is 9.75. The van der Waals surface area contributed by atoms with E-state index in [4.69, 9.17) is 0 Å². The van der Waals surface area contributed by atoms with Gasteiger partial charge in [-0.15, -0.1) is 0 Å². The first-order chi connectivity index (χ1) is 12.4. The number of aliphatic hydroxyl groups is 1. The second kappa shape index (κ2) is 5.85. The molecule has 6 atom stereocenters. The lowest BCUT2D eigenvalue weighted by molar-refractivity contribution is -0.106. The lowest BCUT2D eigenvalue weighted by Crippen LogP contribution is -2.49. The van der Waals surface area contributed by atoms with Crippen LogP contribution in [-0.2, 0) is 4.79 Å². The van der Waals surface area contributed by atoms with Crippen molar-refractivity contribution in [3.8, 4) is 0 Å². The summed E-state index contributed by atoms with van der Waals surface area (Å²) in [6, 6.07) is 0. The molecule has 0 unspecified atom stereocenters. The number of thioether (sulfide) groups is 1. The summed E-state index contributed by atoms with van der Waals surface area (Å²) >= 11 is 1.45. The van der Waals surface area contributed by atoms with E-state index < -0.39 is 0 Å². The highest BCUT2D eigenvalue weighted by Gasteiger charge is 2.57. The van der Waals surface area contributed by atoms with E-state index in [-0.39, 0.29) is 16.6 Å². The number of carbonyl (C=O) groups is 1. The molecular formula is C23H30O2S. The Kier molecular flexibility index (Phi) is 3.89. The number of fused-ring (bicyclic) bond motifs is 5. The number of rotatable bonds is 0. The zero-order valence-corrected chi connectivity index (χ0v) is 16.8. The molecule has 1 aliphatic heterocycles. The number of carbonyl (C=O) groups excluding carboxylic acids is 1. The van der Waals surface area contributed by atoms with Crippen LogP contribution in [0, 0.1) is 28.6 Å². The Morgan fingerprint density at radius 1 is 1.08 bits per heavy atom. The van der Waals surface area contributed by atoms with E-state index in [0.29, 0.717) is 5.41 Å². The van der Waals surface area contributed by atoms with E-state index in [1.54, 1.807) is 17.2 Å². The maximum atomic E-state index is 11.7. The zero-order chi connectivity index (χ0) is 18.1. The molecule has 0 aromatic carbocycles. The van der Waals surface area contributed by atoms with Crippen LogP contribution in [0.4, 0.5) is 0 Å². The molecule has 0 aromatic heterocycles. The molecule has 0 saturated heterocycles. The van der Waals surface area contributed by atoms with Crippen molar-refractivity contribution in [2.45, 2.75) is 71.3 Å². The molecule has 4 aliphatic carbocycles. The molecule has 3 fully saturated rings. The van der Waals surface area contributed by atoms with Gasteiger partial charge in [-0.1, -0.05) is 25.5 Å². The van der Waals surface area contributed by atoms with Gasteiger partial charge in [-0.2, -0.15) is 0 Å². The van der Waals surface area contributed by atoms with Gasteiger partial charge >= 0.3 is 0 Å². The van der Waals surface area contributed by atoms with Crippen LogP contribution < -0.4 is 0 Å². The third-order valence-corrected chi connectivity index (χ3v) is 9.68. The Morgan fingerprint density at radius 2 is 1.85 bits per heavy atom. The molecule has 2 nitrogen and oxygen atoms in total. The minimum Gasteiger partial charge on any atom is -0.393 e. The van der Waals surface area contributed by atoms with Gasteiger partial charge in [0.2, 0.25) is 5.12 Å². The fraction of sp³-hybridized carbons (Fsp3) is 0.696. The molecular weight excluding hydrogens is 340 g/mol. The molecule has 1 heterocycles. The van der Waals surface area contributed by atoms with Crippen LogP contribution in [-0.4, -0.2) is 16.3 Å². The highest BCUT2D eigenvalue weighted by atomic mass is 32.2. The molecule has 0 aromatic rings. The summed E-state index contributed by atoms with van der Waals surface area (Å²) in [5.74, 6) is 2.32. The third kappa shape index (κ3) is 2.32. The molecule has 0 radical (unpaired) electrons. The van der Waals surface area contributed by atoms with Crippen molar-refractivity contribution in [2.24, 2.45) is 28.6 Å². The van der Waals surface area contributed by atoms with Crippen LogP contribution in [0.3, 0.4) is 0 Å². The second-order valence-corrected chi connectivity index (χ2v) is 10.8. The summed E-state index contributed by atoms with van der Waals surface area (Å²) in [6.45, 7) is 4.99. The van der Waals surface area contributed by atoms with Crippen molar-refractivity contribution in [1.29, 1.82) is 0 Å². The lowest BCUT2D eigenvalue weighted by atomic mass is 9.48. The van der Waals surface area contributed by atoms with E-state index in [0.717, 1.165) is 37.0 Å². The first kappa shape index (κ1) is 17.3. The highest BCUT2D eigenvalue weighted by molar-refractivity contribution is 8.17. The largest absolute Gasteiger partial charge is 0.393 e. The monoisotopic (exact) mass is 370 g/mol. The Balaban J connectivity index is 1.49. The minimum atomic E-state index is -0.119. The van der Waals surface area contributed by atoms with E-state index >= 15 is 0 Å². The van der Waals surface area contributed by atoms with Gasteiger partial charge in [0.05, 0.1) is 6.10 Å². The van der Waals surface area contributed by atoms with Crippen molar-refractivity contribution in [2.75, 3.05) is 0 Å². The predicted octanol–water partition coefficient (Wildman–Crippen LogP) is 5.39. The fourth-order valence-electron chi connectivity index (χ4n) is 7.34. The number of allylic oxidation sites excluding steroid dienone is 3. The van der Waals surface area contributed by atoms with Crippen LogP contribution >= 0.6 is 11.8 Å². The molecule has 1 N–H and O–H groups in total. The van der Waals surface area contributed by atoms with Crippen molar-refractivity contribution in [1.82, 2.24) is 0 Å². The average Bonchev–Trinajstić information content (AvgIpc) is 3.18. The highest BCUT2D eigenvalue weighted by Crippen LogP contribution is 2.67. The Morgan fingerprint density at radius 3 is 2.62 bits per heavy atom. The first-order valence-corrected chi connectivity index (χ1v) is 11.2. The smallest absolute Gasteiger partial charge is 0.216 e. The average molecular weight is 371 g/mol. The first-order valence-electron chi connectivity index (χ1n) is 10.4. The van der Waals surface area contributed by atoms with Crippen LogP contribution in [0.5, 0.6) is 0 Å². The molecule has 0 bridgehead atoms. The SMILES string of the molecule is C[C@]12CC[C@@H](O)CC1=CC[C@@H]1[C@@H]2CC[C@]2(C)/C(=C3/C=CC(=O)S3)CC[C@@H]12. The zero-order valence-electron chi connectivity index (χ0n) is 16.0. The third-order valence-electron chi connectivity index (χ3n) is 8.74. The summed E-state index contributed by atoms with van der Waals surface area (Å²) in [5, 5.41) is 10.3. The number of hydrogen-bond acceptors (Lipinski definition) is 3. The van der Waals surface area contributed by atoms with Crippen molar-refractivity contribution in [3.05, 3.63) is 34.3 Å². The predicted molar refractivity (Wildman–Crippen MR) is 106 cm³/mol. The Labute approximate surface area is 161 Å². The topological polar surface area (TPSA) is 37.3 Å². The lowest BCUT2D eigenvalue weighted by Gasteiger charge is -2.57. The normalized spacial score (nSPS) is 50.3. The van der Waals surface area contributed by atoms with Crippen LogP contribution in [0.2, 0.25) is 0 Å². The van der Waals surface area contributed by atoms with Gasteiger partial charge in [-0.05, 0) is 109 Å². The van der Waals surface area contributed by atoms with E-state index in [1.165, 1.54) is 48.8 Å². The summed E-state index contributed by atoms with van der Waals surface area (Å²) in [4.78, 5) is 13.0. The number of hydrogen-bond donors (Lipinski definition) is 1. The van der Waals surface area contributed by atoms with Crippen LogP contribution in [0.25, 0.3) is 0 Å². The Hall–Kier alpha value is -0.800. The van der Waals surface area contributed by atoms with Gasteiger partial charge < -0.3 is 5.11 Å². The summed E-state index contributed by atoms with van der Waals surface area (Å²) in [6.07, 6.45) is 15.5. The molecule has 5 aliphatic rings. The van der Waals surface area contributed by atoms with E-state index in [9.17, 15) is 9.90 Å². The van der Waals surface area contributed by atoms with Gasteiger partial charge in [0.25, 0.3) is 0 Å². The summed E-state index contributed by atoms with van der Waals surface area (Å²) < 4.78 is 0. The van der Waals surface area contributed by atoms with Crippen LogP contribution in [0.15, 0.2) is 34.3 Å². The summed E-state index contributed by atoms with van der Waals surface area (Å²) in [7, 11) is 0. The molecule has 3 saturated carbocycles. The van der Waals surface area contributed by atoms with Gasteiger partial charge in [-0.25, -0.2) is 0 Å². The van der Waals surface area contributed by atoms with E-state index in [1.807, 2.05) is 0 Å². The molecule has 0 amide bonds. The minimum absolute atomic E-state index is 0.119. The maximum absolute atomic E-state index is 11.7. The quantitative estimate of drug-likeness (QED) is 0.581. The van der Waals surface area contributed by atoms with Gasteiger partial charge in [-0.3, -0.25) is 4.79 Å². The van der Waals surface area contributed by atoms with Crippen molar-refractivity contribution >= 4 is 16.9 Å². The van der Waals surface area contributed by atoms with Gasteiger partial charge in [0, 0.05) is 4.91 Å². The molecule has 26 heavy (non-hydrogen) atoms. The van der Waals surface area contributed by atoms with Gasteiger partial charge in [0.1, 0.15) is 0 Å². The molecule has 5 rings (SSSR count). The van der Waals surface area contributed by atoms with Crippen molar-refractivity contribution < 1.29 is 9.90 Å². The molecule has 0 spiro atoms. The molecule has 140 valence electrons. The van der Waals surface area contributed by atoms with Crippen molar-refractivity contribution in [3.63, 3.8) is 0 Å². The standard InChI is InChI=1S/C23H30O2S/c1-22-11-9-15(24)13-14(22)3-4-16-17-5-6-19(20-7-8-21(25)26-20)23(17,2)12-10-18(16)22/h3,7-8,15-18,24H,4-6,9-13H2,1-2H3/b20-19-/t15-,16+,17+,18+,22+,23+/m1/s1.